The van der Waals surface area contributed by atoms with Gasteiger partial charge in [-0.15, -0.1) is 10.2 Å². The summed E-state index contributed by atoms with van der Waals surface area (Å²) in [4.78, 5) is 0. The number of ether oxygens (including phenoxy) is 2. The van der Waals surface area contributed by atoms with Crippen LogP contribution in [0.2, 0.25) is 10.0 Å². The minimum Gasteiger partial charge on any atom is -0.504 e. The third-order valence-electron chi connectivity index (χ3n) is 3.14. The molecule has 1 heterocycles. The fourth-order valence-corrected chi connectivity index (χ4v) is 2.43. The van der Waals surface area contributed by atoms with E-state index in [1.165, 1.54) is 13.2 Å². The Balaban J connectivity index is 1.74. The highest BCUT2D eigenvalue weighted by atomic mass is 35.5. The zero-order valence-corrected chi connectivity index (χ0v) is 14.0. The Hall–Kier alpha value is -2.44. The predicted octanol–water partition coefficient (Wildman–Crippen LogP) is 4.34. The maximum absolute atomic E-state index is 9.61. The number of halogens is 2. The smallest absolute Gasteiger partial charge is 0.254 e. The fraction of sp³-hybridized carbons (Fsp3) is 0.125. The van der Waals surface area contributed by atoms with Gasteiger partial charge in [-0.2, -0.15) is 0 Å². The molecule has 0 radical (unpaired) electrons. The Kier molecular flexibility index (Phi) is 4.78. The first-order valence-electron chi connectivity index (χ1n) is 6.84. The lowest BCUT2D eigenvalue weighted by atomic mass is 10.2. The van der Waals surface area contributed by atoms with Crippen LogP contribution in [0.5, 0.6) is 17.2 Å². The zero-order valence-electron chi connectivity index (χ0n) is 12.5. The number of phenols is 1. The molecule has 0 spiro atoms. The largest absolute Gasteiger partial charge is 0.504 e. The van der Waals surface area contributed by atoms with Crippen LogP contribution >= 0.6 is 23.2 Å². The van der Waals surface area contributed by atoms with Crippen molar-refractivity contribution in [2.24, 2.45) is 0 Å². The van der Waals surface area contributed by atoms with Crippen molar-refractivity contribution >= 4 is 23.2 Å². The molecule has 1 aromatic heterocycles. The lowest BCUT2D eigenvalue weighted by Gasteiger charge is -2.05. The van der Waals surface area contributed by atoms with Crippen LogP contribution in [0.25, 0.3) is 11.5 Å². The number of aromatic hydroxyl groups is 1. The van der Waals surface area contributed by atoms with Crippen LogP contribution in [0.4, 0.5) is 0 Å². The van der Waals surface area contributed by atoms with Gasteiger partial charge in [0.1, 0.15) is 5.75 Å². The fourth-order valence-electron chi connectivity index (χ4n) is 1.97. The molecule has 1 N–H and O–H groups in total. The van der Waals surface area contributed by atoms with E-state index in [1.807, 2.05) is 0 Å². The van der Waals surface area contributed by atoms with Crippen LogP contribution in [0, 0.1) is 0 Å². The molecule has 0 atom stereocenters. The SMILES string of the molecule is COc1cc(-c2nnc(COc3ccc(Cl)cc3Cl)o2)ccc1O. The van der Waals surface area contributed by atoms with E-state index in [0.717, 1.165) is 0 Å². The molecule has 0 saturated carbocycles. The molecule has 0 unspecified atom stereocenters. The van der Waals surface area contributed by atoms with E-state index in [-0.39, 0.29) is 24.1 Å². The summed E-state index contributed by atoms with van der Waals surface area (Å²) < 4.78 is 16.1. The normalized spacial score (nSPS) is 10.6. The highest BCUT2D eigenvalue weighted by Gasteiger charge is 2.12. The average Bonchev–Trinajstić information content (AvgIpc) is 3.03. The second-order valence-electron chi connectivity index (χ2n) is 4.75. The van der Waals surface area contributed by atoms with Crippen molar-refractivity contribution in [1.29, 1.82) is 0 Å². The van der Waals surface area contributed by atoms with Gasteiger partial charge in [0.2, 0.25) is 5.89 Å². The first-order valence-corrected chi connectivity index (χ1v) is 7.60. The molecule has 24 heavy (non-hydrogen) atoms. The quantitative estimate of drug-likeness (QED) is 0.723. The average molecular weight is 367 g/mol. The Bertz CT molecular complexity index is 867. The van der Waals surface area contributed by atoms with Crippen LogP contribution < -0.4 is 9.47 Å². The monoisotopic (exact) mass is 366 g/mol. The zero-order chi connectivity index (χ0) is 17.1. The van der Waals surface area contributed by atoms with Crippen molar-refractivity contribution in [3.05, 3.63) is 52.3 Å². The number of hydrogen-bond donors (Lipinski definition) is 1. The van der Waals surface area contributed by atoms with Crippen LogP contribution in [-0.4, -0.2) is 22.4 Å². The minimum atomic E-state index is 0.0294. The number of nitrogens with zero attached hydrogens (tertiary/aromatic N) is 2. The molecule has 3 rings (SSSR count). The van der Waals surface area contributed by atoms with Crippen LogP contribution in [0.3, 0.4) is 0 Å². The summed E-state index contributed by atoms with van der Waals surface area (Å²) in [6.07, 6.45) is 0. The van der Waals surface area contributed by atoms with Crippen molar-refractivity contribution in [2.75, 3.05) is 7.11 Å². The lowest BCUT2D eigenvalue weighted by molar-refractivity contribution is 0.264. The predicted molar refractivity (Wildman–Crippen MR) is 88.7 cm³/mol. The summed E-state index contributed by atoms with van der Waals surface area (Å²) in [5.74, 6) is 1.38. The van der Waals surface area contributed by atoms with Crippen molar-refractivity contribution in [2.45, 2.75) is 6.61 Å². The van der Waals surface area contributed by atoms with E-state index in [4.69, 9.17) is 37.1 Å². The Morgan fingerprint density at radius 1 is 1.08 bits per heavy atom. The van der Waals surface area contributed by atoms with Gasteiger partial charge in [-0.3, -0.25) is 0 Å². The minimum absolute atomic E-state index is 0.0294. The second kappa shape index (κ2) is 6.98. The standard InChI is InChI=1S/C16H12Cl2N2O4/c1-22-14-6-9(2-4-12(14)21)16-20-19-15(24-16)8-23-13-5-3-10(17)7-11(13)18/h2-7,21H,8H2,1H3. The topological polar surface area (TPSA) is 77.6 Å². The van der Waals surface area contributed by atoms with Gasteiger partial charge in [-0.25, -0.2) is 0 Å². The molecule has 8 heteroatoms. The van der Waals surface area contributed by atoms with Crippen LogP contribution in [-0.2, 0) is 6.61 Å². The molecule has 0 saturated heterocycles. The van der Waals surface area contributed by atoms with Gasteiger partial charge >= 0.3 is 0 Å². The van der Waals surface area contributed by atoms with Gasteiger partial charge in [-0.05, 0) is 36.4 Å². The number of benzene rings is 2. The van der Waals surface area contributed by atoms with E-state index in [1.54, 1.807) is 30.3 Å². The molecule has 3 aromatic rings. The number of hydrogen-bond acceptors (Lipinski definition) is 6. The highest BCUT2D eigenvalue weighted by Crippen LogP contribution is 2.31. The molecular formula is C16H12Cl2N2O4. The molecular weight excluding hydrogens is 355 g/mol. The summed E-state index contributed by atoms with van der Waals surface area (Å²) in [6, 6.07) is 9.65. The molecule has 0 amide bonds. The lowest BCUT2D eigenvalue weighted by Crippen LogP contribution is -1.96. The van der Waals surface area contributed by atoms with Gasteiger partial charge in [0, 0.05) is 10.6 Å². The Labute approximate surface area is 147 Å². The molecule has 6 nitrogen and oxygen atoms in total. The van der Waals surface area contributed by atoms with E-state index in [2.05, 4.69) is 10.2 Å². The van der Waals surface area contributed by atoms with Gasteiger partial charge in [0.25, 0.3) is 5.89 Å². The van der Waals surface area contributed by atoms with Crippen molar-refractivity contribution in [3.8, 4) is 28.7 Å². The summed E-state index contributed by atoms with van der Waals surface area (Å²) in [5, 5.41) is 18.4. The van der Waals surface area contributed by atoms with E-state index < -0.39 is 0 Å². The summed E-state index contributed by atoms with van der Waals surface area (Å²) >= 11 is 11.9. The molecule has 0 aliphatic rings. The van der Waals surface area contributed by atoms with Crippen molar-refractivity contribution in [3.63, 3.8) is 0 Å². The second-order valence-corrected chi connectivity index (χ2v) is 5.59. The van der Waals surface area contributed by atoms with Gasteiger partial charge in [0.05, 0.1) is 12.1 Å². The van der Waals surface area contributed by atoms with E-state index in [9.17, 15) is 5.11 Å². The molecule has 0 aliphatic heterocycles. The Morgan fingerprint density at radius 2 is 1.92 bits per heavy atom. The summed E-state index contributed by atoms with van der Waals surface area (Å²) in [6.45, 7) is 0.0591. The van der Waals surface area contributed by atoms with Gasteiger partial charge in [0.15, 0.2) is 18.1 Å². The summed E-state index contributed by atoms with van der Waals surface area (Å²) in [5.41, 5.74) is 0.618. The van der Waals surface area contributed by atoms with Gasteiger partial charge in [-0.1, -0.05) is 23.2 Å². The van der Waals surface area contributed by atoms with Crippen molar-refractivity contribution in [1.82, 2.24) is 10.2 Å². The third-order valence-corrected chi connectivity index (χ3v) is 3.67. The summed E-state index contributed by atoms with van der Waals surface area (Å²) in [7, 11) is 1.46. The Morgan fingerprint density at radius 3 is 2.67 bits per heavy atom. The number of methoxy groups -OCH3 is 1. The first-order chi connectivity index (χ1) is 11.6. The van der Waals surface area contributed by atoms with Crippen LogP contribution in [0.1, 0.15) is 5.89 Å². The number of aromatic nitrogens is 2. The highest BCUT2D eigenvalue weighted by molar-refractivity contribution is 6.35. The maximum atomic E-state index is 9.61. The first kappa shape index (κ1) is 16.4. The molecule has 0 fully saturated rings. The molecule has 0 aliphatic carbocycles. The number of rotatable bonds is 5. The number of phenolic OH excluding ortho intramolecular Hbond substituents is 1. The maximum Gasteiger partial charge on any atom is 0.254 e. The molecule has 2 aromatic carbocycles. The third kappa shape index (κ3) is 3.55. The van der Waals surface area contributed by atoms with Crippen molar-refractivity contribution < 1.29 is 19.0 Å². The molecule has 124 valence electrons. The van der Waals surface area contributed by atoms with E-state index >= 15 is 0 Å². The molecule has 0 bridgehead atoms. The van der Waals surface area contributed by atoms with E-state index in [0.29, 0.717) is 27.1 Å². The van der Waals surface area contributed by atoms with Gasteiger partial charge < -0.3 is 19.0 Å². The van der Waals surface area contributed by atoms with Crippen LogP contribution in [0.15, 0.2) is 40.8 Å².